The smallest absolute Gasteiger partial charge is 0.154 e. The fourth-order valence-corrected chi connectivity index (χ4v) is 8.08. The van der Waals surface area contributed by atoms with E-state index in [0.717, 1.165) is 66.7 Å². The maximum Gasteiger partial charge on any atom is 0.154 e. The van der Waals surface area contributed by atoms with Gasteiger partial charge in [-0.05, 0) is 89.0 Å². The van der Waals surface area contributed by atoms with Crippen LogP contribution in [0.5, 0.6) is 0 Å². The van der Waals surface area contributed by atoms with Crippen LogP contribution in [0.3, 0.4) is 0 Å². The predicted octanol–water partition coefficient (Wildman–Crippen LogP) is 13.5. The molecule has 0 atom stereocenters. The summed E-state index contributed by atoms with van der Waals surface area (Å²) in [5.74, 6) is 0. The van der Waals surface area contributed by atoms with Crippen LogP contribution < -0.4 is 4.90 Å². The van der Waals surface area contributed by atoms with E-state index in [1.807, 2.05) is 12.1 Å². The number of anilines is 3. The summed E-state index contributed by atoms with van der Waals surface area (Å²) in [6.45, 7) is 0. The number of hydrogen-bond donors (Lipinski definition) is 0. The summed E-state index contributed by atoms with van der Waals surface area (Å²) < 4.78 is 15.1. The molecule has 0 aliphatic carbocycles. The molecule has 0 N–H and O–H groups in total. The Kier molecular flexibility index (Phi) is 6.05. The van der Waals surface area contributed by atoms with Crippen molar-refractivity contribution in [3.63, 3.8) is 0 Å². The van der Waals surface area contributed by atoms with Gasteiger partial charge in [-0.2, -0.15) is 0 Å². The first kappa shape index (κ1) is 27.1. The van der Waals surface area contributed by atoms with Gasteiger partial charge in [0.05, 0.1) is 4.70 Å². The number of furan rings is 2. The quantitative estimate of drug-likeness (QED) is 0.189. The summed E-state index contributed by atoms with van der Waals surface area (Å²) in [5.41, 5.74) is 11.6. The molecule has 0 bridgehead atoms. The van der Waals surface area contributed by atoms with E-state index in [1.54, 1.807) is 11.3 Å². The number of nitrogens with zero attached hydrogens (tertiary/aromatic N) is 1. The lowest BCUT2D eigenvalue weighted by atomic mass is 10.0. The zero-order valence-corrected chi connectivity index (χ0v) is 26.6. The summed E-state index contributed by atoms with van der Waals surface area (Å²) >= 11 is 1.79. The van der Waals surface area contributed by atoms with E-state index in [-0.39, 0.29) is 0 Å². The molecule has 7 aromatic carbocycles. The Balaban J connectivity index is 1.08. The Hall–Kier alpha value is -6.10. The minimum absolute atomic E-state index is 0.891. The van der Waals surface area contributed by atoms with Gasteiger partial charge in [0.1, 0.15) is 16.7 Å². The molecule has 0 fully saturated rings. The molecule has 0 spiro atoms. The molecule has 48 heavy (non-hydrogen) atoms. The fourth-order valence-electron chi connectivity index (χ4n) is 6.92. The molecule has 226 valence electrons. The molecule has 0 saturated heterocycles. The Morgan fingerprint density at radius 1 is 0.375 bits per heavy atom. The van der Waals surface area contributed by atoms with Crippen molar-refractivity contribution in [2.45, 2.75) is 0 Å². The molecule has 0 radical (unpaired) electrons. The van der Waals surface area contributed by atoms with Crippen molar-refractivity contribution in [2.75, 3.05) is 4.90 Å². The number of fused-ring (bicyclic) bond motifs is 8. The molecule has 0 aliphatic heterocycles. The average molecular weight is 634 g/mol. The first-order valence-corrected chi connectivity index (χ1v) is 16.9. The van der Waals surface area contributed by atoms with Gasteiger partial charge in [-0.1, -0.05) is 91.0 Å². The maximum atomic E-state index is 6.56. The lowest BCUT2D eigenvalue weighted by Crippen LogP contribution is -2.09. The molecule has 0 aliphatic rings. The zero-order valence-electron chi connectivity index (χ0n) is 25.8. The lowest BCUT2D eigenvalue weighted by Gasteiger charge is -2.26. The molecule has 3 heterocycles. The molecule has 10 rings (SSSR count). The molecule has 4 heteroatoms. The van der Waals surface area contributed by atoms with E-state index in [1.165, 1.54) is 25.9 Å². The van der Waals surface area contributed by atoms with E-state index in [2.05, 4.69) is 157 Å². The summed E-state index contributed by atoms with van der Waals surface area (Å²) in [6, 6.07) is 57.9. The number of thiophene rings is 1. The van der Waals surface area contributed by atoms with Crippen LogP contribution in [-0.4, -0.2) is 0 Å². The Labute approximate surface area is 280 Å². The number of rotatable bonds is 5. The van der Waals surface area contributed by atoms with E-state index < -0.39 is 0 Å². The van der Waals surface area contributed by atoms with E-state index >= 15 is 0 Å². The van der Waals surface area contributed by atoms with Crippen LogP contribution in [-0.2, 0) is 0 Å². The second-order valence-electron chi connectivity index (χ2n) is 12.1. The van der Waals surface area contributed by atoms with Crippen LogP contribution in [0.4, 0.5) is 17.1 Å². The van der Waals surface area contributed by atoms with Crippen LogP contribution in [0.1, 0.15) is 0 Å². The highest BCUT2D eigenvalue weighted by Gasteiger charge is 2.18. The number of hydrogen-bond acceptors (Lipinski definition) is 4. The van der Waals surface area contributed by atoms with Gasteiger partial charge >= 0.3 is 0 Å². The van der Waals surface area contributed by atoms with E-state index in [4.69, 9.17) is 8.83 Å². The van der Waals surface area contributed by atoms with Crippen molar-refractivity contribution < 1.29 is 8.83 Å². The largest absolute Gasteiger partial charge is 0.456 e. The van der Waals surface area contributed by atoms with Crippen LogP contribution in [0.25, 0.3) is 75.5 Å². The van der Waals surface area contributed by atoms with Crippen LogP contribution in [0.2, 0.25) is 0 Å². The average Bonchev–Trinajstić information content (AvgIpc) is 3.82. The van der Waals surface area contributed by atoms with Crippen molar-refractivity contribution in [3.8, 4) is 22.3 Å². The highest BCUT2D eigenvalue weighted by molar-refractivity contribution is 7.26. The van der Waals surface area contributed by atoms with Crippen molar-refractivity contribution in [2.24, 2.45) is 0 Å². The van der Waals surface area contributed by atoms with E-state index in [0.29, 0.717) is 0 Å². The summed E-state index contributed by atoms with van der Waals surface area (Å²) in [4.78, 5) is 2.31. The molecule has 3 nitrogen and oxygen atoms in total. The molecule has 0 amide bonds. The first-order chi connectivity index (χ1) is 23.8. The van der Waals surface area contributed by atoms with Gasteiger partial charge in [0.25, 0.3) is 0 Å². The monoisotopic (exact) mass is 633 g/mol. The minimum Gasteiger partial charge on any atom is -0.456 e. The van der Waals surface area contributed by atoms with Gasteiger partial charge in [0, 0.05) is 49.4 Å². The first-order valence-electron chi connectivity index (χ1n) is 16.1. The maximum absolute atomic E-state index is 6.56. The second-order valence-corrected chi connectivity index (χ2v) is 13.2. The molecular weight excluding hydrogens is 607 g/mol. The molecule has 10 aromatic rings. The Morgan fingerprint density at radius 3 is 1.77 bits per heavy atom. The molecular formula is C44H27NO2S. The normalized spacial score (nSPS) is 11.8. The van der Waals surface area contributed by atoms with Crippen LogP contribution in [0, 0.1) is 0 Å². The topological polar surface area (TPSA) is 29.5 Å². The standard InChI is InChI=1S/C44H27NO2S/c1-2-8-28(9-3-1)29-14-19-32(20-15-29)45(34-23-24-36-41(27-34)47-43-37-11-5-7-13-42(37)48-44(36)43)33-21-16-30(17-22-33)31-18-25-40-38(26-31)35-10-4-6-12-39(35)46-40/h1-27H. The van der Waals surface area contributed by atoms with Gasteiger partial charge in [0.2, 0.25) is 0 Å². The van der Waals surface area contributed by atoms with E-state index in [9.17, 15) is 0 Å². The van der Waals surface area contributed by atoms with Crippen LogP contribution >= 0.6 is 11.3 Å². The van der Waals surface area contributed by atoms with Crippen molar-refractivity contribution in [1.29, 1.82) is 0 Å². The van der Waals surface area contributed by atoms with Crippen LogP contribution in [0.15, 0.2) is 173 Å². The lowest BCUT2D eigenvalue weighted by molar-refractivity contribution is 0.669. The summed E-state index contributed by atoms with van der Waals surface area (Å²) in [6.07, 6.45) is 0. The van der Waals surface area contributed by atoms with Crippen molar-refractivity contribution >= 4 is 81.7 Å². The van der Waals surface area contributed by atoms with Gasteiger partial charge in [-0.15, -0.1) is 11.3 Å². The third-order valence-corrected chi connectivity index (χ3v) is 10.5. The molecule has 0 unspecified atom stereocenters. The van der Waals surface area contributed by atoms with Crippen molar-refractivity contribution in [3.05, 3.63) is 164 Å². The fraction of sp³-hybridized carbons (Fsp3) is 0. The number of para-hydroxylation sites is 1. The Morgan fingerprint density at radius 2 is 0.979 bits per heavy atom. The summed E-state index contributed by atoms with van der Waals surface area (Å²) in [5, 5.41) is 4.58. The SMILES string of the molecule is c1ccc(-c2ccc(N(c3ccc(-c4ccc5oc6ccccc6c5c4)cc3)c3ccc4c(c3)oc3c5ccccc5sc43)cc2)cc1. The third-order valence-electron chi connectivity index (χ3n) is 9.30. The highest BCUT2D eigenvalue weighted by atomic mass is 32.1. The summed E-state index contributed by atoms with van der Waals surface area (Å²) in [7, 11) is 0. The van der Waals surface area contributed by atoms with Gasteiger partial charge in [0.15, 0.2) is 5.58 Å². The van der Waals surface area contributed by atoms with Crippen molar-refractivity contribution in [1.82, 2.24) is 0 Å². The van der Waals surface area contributed by atoms with Gasteiger partial charge < -0.3 is 13.7 Å². The van der Waals surface area contributed by atoms with Gasteiger partial charge in [-0.3, -0.25) is 0 Å². The second kappa shape index (κ2) is 10.7. The minimum atomic E-state index is 0.891. The highest BCUT2D eigenvalue weighted by Crippen LogP contribution is 2.44. The number of benzene rings is 7. The Bertz CT molecular complexity index is 2770. The predicted molar refractivity (Wildman–Crippen MR) is 202 cm³/mol. The molecule has 0 saturated carbocycles. The van der Waals surface area contributed by atoms with Gasteiger partial charge in [-0.25, -0.2) is 0 Å². The molecule has 3 aromatic heterocycles. The zero-order chi connectivity index (χ0) is 31.6. The third kappa shape index (κ3) is 4.34.